The molecule has 4 nitrogen and oxygen atoms in total. The van der Waals surface area contributed by atoms with Gasteiger partial charge in [-0.05, 0) is 62.3 Å². The van der Waals surface area contributed by atoms with Crippen LogP contribution in [0.15, 0.2) is 54.6 Å². The molecule has 1 heterocycles. The zero-order chi connectivity index (χ0) is 20.9. The van der Waals surface area contributed by atoms with Crippen molar-refractivity contribution >= 4 is 17.7 Å². The van der Waals surface area contributed by atoms with E-state index in [0.717, 1.165) is 31.0 Å². The van der Waals surface area contributed by atoms with Gasteiger partial charge < -0.3 is 15.4 Å². The van der Waals surface area contributed by atoms with Crippen LogP contribution >= 0.6 is 11.6 Å². The molecule has 1 fully saturated rings. The Labute approximate surface area is 179 Å². The Hall–Kier alpha value is -2.04. The van der Waals surface area contributed by atoms with E-state index in [1.54, 1.807) is 0 Å². The molecule has 2 aromatic carbocycles. The zero-order valence-electron chi connectivity index (χ0n) is 17.5. The molecule has 1 amide bonds. The van der Waals surface area contributed by atoms with Crippen LogP contribution in [-0.4, -0.2) is 31.3 Å². The molecular formula is C24H31ClN2O2. The summed E-state index contributed by atoms with van der Waals surface area (Å²) in [5, 5.41) is 7.29. The fraction of sp³-hybridized carbons (Fsp3) is 0.458. The minimum Gasteiger partial charge on any atom is -0.444 e. The van der Waals surface area contributed by atoms with Crippen molar-refractivity contribution < 1.29 is 9.53 Å². The molecule has 0 saturated carbocycles. The zero-order valence-corrected chi connectivity index (χ0v) is 18.3. The summed E-state index contributed by atoms with van der Waals surface area (Å²) in [6.07, 6.45) is 1.45. The average Bonchev–Trinajstić information content (AvgIpc) is 3.05. The first kappa shape index (κ1) is 21.7. The molecule has 2 aromatic rings. The third-order valence-electron chi connectivity index (χ3n) is 5.53. The Kier molecular flexibility index (Phi) is 6.86. The van der Waals surface area contributed by atoms with Gasteiger partial charge in [0.1, 0.15) is 5.60 Å². The van der Waals surface area contributed by atoms with Gasteiger partial charge in [0, 0.05) is 30.6 Å². The Morgan fingerprint density at radius 1 is 1.17 bits per heavy atom. The van der Waals surface area contributed by atoms with Crippen molar-refractivity contribution in [2.75, 3.05) is 19.6 Å². The van der Waals surface area contributed by atoms with Crippen LogP contribution in [0.5, 0.6) is 0 Å². The SMILES string of the molecule is CC(C)(C)OC(=O)NCC[C@]1(Cc2ccccc2)CNC[C@@H]1c1ccc(Cl)cc1. The van der Waals surface area contributed by atoms with Gasteiger partial charge in [-0.15, -0.1) is 0 Å². The van der Waals surface area contributed by atoms with Crippen molar-refractivity contribution in [3.05, 3.63) is 70.7 Å². The fourth-order valence-corrected chi connectivity index (χ4v) is 4.36. The summed E-state index contributed by atoms with van der Waals surface area (Å²) < 4.78 is 5.40. The Morgan fingerprint density at radius 2 is 1.86 bits per heavy atom. The van der Waals surface area contributed by atoms with Crippen molar-refractivity contribution in [2.24, 2.45) is 5.41 Å². The van der Waals surface area contributed by atoms with Crippen LogP contribution in [0.3, 0.4) is 0 Å². The van der Waals surface area contributed by atoms with Gasteiger partial charge in [-0.2, -0.15) is 0 Å². The van der Waals surface area contributed by atoms with E-state index in [9.17, 15) is 4.79 Å². The number of alkyl carbamates (subject to hydrolysis) is 1. The van der Waals surface area contributed by atoms with Crippen molar-refractivity contribution in [3.8, 4) is 0 Å². The molecule has 1 saturated heterocycles. The minimum absolute atomic E-state index is 0.00416. The van der Waals surface area contributed by atoms with Crippen LogP contribution in [0, 0.1) is 5.41 Å². The maximum Gasteiger partial charge on any atom is 0.407 e. The minimum atomic E-state index is -0.493. The molecule has 156 valence electrons. The van der Waals surface area contributed by atoms with Crippen molar-refractivity contribution in [1.82, 2.24) is 10.6 Å². The monoisotopic (exact) mass is 414 g/mol. The number of carbonyl (C=O) groups excluding carboxylic acids is 1. The van der Waals surface area contributed by atoms with Gasteiger partial charge in [0.05, 0.1) is 0 Å². The average molecular weight is 415 g/mol. The highest BCUT2D eigenvalue weighted by Gasteiger charge is 2.43. The van der Waals surface area contributed by atoms with Gasteiger partial charge in [0.15, 0.2) is 0 Å². The third kappa shape index (κ3) is 5.97. The van der Waals surface area contributed by atoms with Gasteiger partial charge in [0.2, 0.25) is 0 Å². The molecule has 2 N–H and O–H groups in total. The second-order valence-corrected chi connectivity index (χ2v) is 9.37. The number of benzene rings is 2. The van der Waals surface area contributed by atoms with E-state index in [1.807, 2.05) is 39.0 Å². The summed E-state index contributed by atoms with van der Waals surface area (Å²) in [6, 6.07) is 18.7. The number of ether oxygens (including phenoxy) is 1. The third-order valence-corrected chi connectivity index (χ3v) is 5.78. The second-order valence-electron chi connectivity index (χ2n) is 8.94. The topological polar surface area (TPSA) is 50.4 Å². The highest BCUT2D eigenvalue weighted by Crippen LogP contribution is 2.44. The smallest absolute Gasteiger partial charge is 0.407 e. The number of rotatable bonds is 6. The van der Waals surface area contributed by atoms with Gasteiger partial charge in [-0.25, -0.2) is 4.79 Å². The number of halogens is 1. The standard InChI is InChI=1S/C24H31ClN2O2/c1-23(2,3)29-22(28)27-14-13-24(15-18-7-5-4-6-8-18)17-26-16-21(24)19-9-11-20(25)12-10-19/h4-12,21,26H,13-17H2,1-3H3,(H,27,28)/t21-,24+/m1/s1. The molecule has 1 aliphatic rings. The molecule has 29 heavy (non-hydrogen) atoms. The van der Waals surface area contributed by atoms with Crippen molar-refractivity contribution in [2.45, 2.75) is 45.1 Å². The summed E-state index contributed by atoms with van der Waals surface area (Å²) >= 11 is 6.11. The molecule has 0 bridgehead atoms. The van der Waals surface area contributed by atoms with E-state index in [1.165, 1.54) is 11.1 Å². The van der Waals surface area contributed by atoms with Gasteiger partial charge in [-0.1, -0.05) is 54.1 Å². The summed E-state index contributed by atoms with van der Waals surface area (Å²) in [6.45, 7) is 8.03. The van der Waals surface area contributed by atoms with Crippen LogP contribution in [0.1, 0.15) is 44.2 Å². The number of hydrogen-bond acceptors (Lipinski definition) is 3. The molecule has 1 aliphatic heterocycles. The molecule has 0 radical (unpaired) electrons. The lowest BCUT2D eigenvalue weighted by Gasteiger charge is -2.36. The van der Waals surface area contributed by atoms with E-state index in [0.29, 0.717) is 12.5 Å². The number of amides is 1. The molecule has 5 heteroatoms. The summed E-state index contributed by atoms with van der Waals surface area (Å²) in [5.41, 5.74) is 2.11. The summed E-state index contributed by atoms with van der Waals surface area (Å²) in [5.74, 6) is 0.348. The van der Waals surface area contributed by atoms with E-state index in [-0.39, 0.29) is 11.5 Å². The molecular weight excluding hydrogens is 384 g/mol. The quantitative estimate of drug-likeness (QED) is 0.685. The first-order valence-electron chi connectivity index (χ1n) is 10.2. The molecule has 3 rings (SSSR count). The van der Waals surface area contributed by atoms with Gasteiger partial charge >= 0.3 is 6.09 Å². The van der Waals surface area contributed by atoms with E-state index in [4.69, 9.17) is 16.3 Å². The second kappa shape index (κ2) is 9.19. The summed E-state index contributed by atoms with van der Waals surface area (Å²) in [7, 11) is 0. The normalized spacial score (nSPS) is 21.7. The van der Waals surface area contributed by atoms with Crippen molar-refractivity contribution in [1.29, 1.82) is 0 Å². The molecule has 0 aromatic heterocycles. The Bertz CT molecular complexity index is 802. The fourth-order valence-electron chi connectivity index (χ4n) is 4.24. The number of carbonyl (C=O) groups is 1. The lowest BCUT2D eigenvalue weighted by molar-refractivity contribution is 0.0519. The van der Waals surface area contributed by atoms with E-state index in [2.05, 4.69) is 47.0 Å². The highest BCUT2D eigenvalue weighted by atomic mass is 35.5. The largest absolute Gasteiger partial charge is 0.444 e. The lowest BCUT2D eigenvalue weighted by Crippen LogP contribution is -2.38. The highest BCUT2D eigenvalue weighted by molar-refractivity contribution is 6.30. The molecule has 0 aliphatic carbocycles. The predicted molar refractivity (Wildman–Crippen MR) is 118 cm³/mol. The maximum atomic E-state index is 12.1. The van der Waals surface area contributed by atoms with Gasteiger partial charge in [-0.3, -0.25) is 0 Å². The van der Waals surface area contributed by atoms with Crippen LogP contribution in [0.2, 0.25) is 5.02 Å². The first-order chi connectivity index (χ1) is 13.8. The first-order valence-corrected chi connectivity index (χ1v) is 10.6. The van der Waals surface area contributed by atoms with Crippen LogP contribution in [-0.2, 0) is 11.2 Å². The lowest BCUT2D eigenvalue weighted by atomic mass is 9.68. The molecule has 2 atom stereocenters. The van der Waals surface area contributed by atoms with E-state index < -0.39 is 5.60 Å². The summed E-state index contributed by atoms with van der Waals surface area (Å²) in [4.78, 5) is 12.1. The predicted octanol–water partition coefficient (Wildman–Crippen LogP) is 5.17. The maximum absolute atomic E-state index is 12.1. The molecule has 0 unspecified atom stereocenters. The van der Waals surface area contributed by atoms with Crippen LogP contribution < -0.4 is 10.6 Å². The van der Waals surface area contributed by atoms with E-state index >= 15 is 0 Å². The number of nitrogens with one attached hydrogen (secondary N) is 2. The van der Waals surface area contributed by atoms with Gasteiger partial charge in [0.25, 0.3) is 0 Å². The van der Waals surface area contributed by atoms with Crippen LogP contribution in [0.4, 0.5) is 4.79 Å². The van der Waals surface area contributed by atoms with Crippen LogP contribution in [0.25, 0.3) is 0 Å². The van der Waals surface area contributed by atoms with Crippen molar-refractivity contribution in [3.63, 3.8) is 0 Å². The molecule has 0 spiro atoms. The Morgan fingerprint density at radius 3 is 2.52 bits per heavy atom. The number of hydrogen-bond donors (Lipinski definition) is 2. The Balaban J connectivity index is 1.78.